The lowest BCUT2D eigenvalue weighted by molar-refractivity contribution is 0.440. The molecule has 0 aromatic carbocycles. The number of hydrogen-bond acceptors (Lipinski definition) is 6. The SMILES string of the molecule is CNC(C)c1nnc(-c2ccc(C#N)cn2)o1. The number of aromatic nitrogens is 3. The minimum Gasteiger partial charge on any atom is -0.418 e. The normalized spacial score (nSPS) is 12.1. The molecule has 1 N–H and O–H groups in total. The first-order chi connectivity index (χ1) is 8.24. The summed E-state index contributed by atoms with van der Waals surface area (Å²) in [5.74, 6) is 0.861. The molecule has 0 bridgehead atoms. The lowest BCUT2D eigenvalue weighted by Gasteiger charge is -2.02. The smallest absolute Gasteiger partial charge is 0.266 e. The number of nitrogens with one attached hydrogen (secondary N) is 1. The maximum absolute atomic E-state index is 8.66. The fraction of sp³-hybridized carbons (Fsp3) is 0.273. The number of hydrogen-bond donors (Lipinski definition) is 1. The van der Waals surface area contributed by atoms with Gasteiger partial charge in [-0.05, 0) is 26.1 Å². The van der Waals surface area contributed by atoms with Crippen molar-refractivity contribution in [1.29, 1.82) is 5.26 Å². The average Bonchev–Trinajstić information content (AvgIpc) is 2.87. The second kappa shape index (κ2) is 4.72. The quantitative estimate of drug-likeness (QED) is 0.853. The van der Waals surface area contributed by atoms with Crippen molar-refractivity contribution in [2.45, 2.75) is 13.0 Å². The Morgan fingerprint density at radius 2 is 2.24 bits per heavy atom. The molecule has 0 spiro atoms. The van der Waals surface area contributed by atoms with Crippen LogP contribution in [-0.2, 0) is 0 Å². The number of nitriles is 1. The van der Waals surface area contributed by atoms with Crippen LogP contribution in [0.3, 0.4) is 0 Å². The Bertz CT molecular complexity index is 540. The summed E-state index contributed by atoms with van der Waals surface area (Å²) in [6.07, 6.45) is 1.47. The summed E-state index contributed by atoms with van der Waals surface area (Å²) in [6.45, 7) is 1.92. The fourth-order valence-electron chi connectivity index (χ4n) is 1.22. The van der Waals surface area contributed by atoms with Crippen LogP contribution in [-0.4, -0.2) is 22.2 Å². The Morgan fingerprint density at radius 1 is 1.41 bits per heavy atom. The highest BCUT2D eigenvalue weighted by Crippen LogP contribution is 2.18. The summed E-state index contributed by atoms with van der Waals surface area (Å²) in [7, 11) is 1.81. The number of rotatable bonds is 3. The highest BCUT2D eigenvalue weighted by Gasteiger charge is 2.13. The van der Waals surface area contributed by atoms with Gasteiger partial charge in [-0.1, -0.05) is 0 Å². The van der Waals surface area contributed by atoms with E-state index >= 15 is 0 Å². The summed E-state index contributed by atoms with van der Waals surface area (Å²) >= 11 is 0. The number of pyridine rings is 1. The van der Waals surface area contributed by atoms with Crippen LogP contribution in [0.2, 0.25) is 0 Å². The van der Waals surface area contributed by atoms with Crippen molar-refractivity contribution in [2.75, 3.05) is 7.05 Å². The topological polar surface area (TPSA) is 87.6 Å². The zero-order valence-corrected chi connectivity index (χ0v) is 9.51. The fourth-order valence-corrected chi connectivity index (χ4v) is 1.22. The molecule has 1 unspecified atom stereocenters. The van der Waals surface area contributed by atoms with Crippen LogP contribution in [0.4, 0.5) is 0 Å². The van der Waals surface area contributed by atoms with Crippen molar-refractivity contribution in [2.24, 2.45) is 0 Å². The maximum Gasteiger partial charge on any atom is 0.266 e. The minimum atomic E-state index is -0.00497. The third-order valence-corrected chi connectivity index (χ3v) is 2.36. The van der Waals surface area contributed by atoms with Gasteiger partial charge in [-0.15, -0.1) is 10.2 Å². The zero-order valence-electron chi connectivity index (χ0n) is 9.51. The third kappa shape index (κ3) is 2.29. The molecule has 6 nitrogen and oxygen atoms in total. The standard InChI is InChI=1S/C11H11N5O/c1-7(13-2)10-15-16-11(17-10)9-4-3-8(5-12)6-14-9/h3-4,6-7,13H,1-2H3. The first kappa shape index (κ1) is 11.2. The predicted octanol–water partition coefficient (Wildman–Crippen LogP) is 1.28. The monoisotopic (exact) mass is 229 g/mol. The number of nitrogens with zero attached hydrogens (tertiary/aromatic N) is 4. The van der Waals surface area contributed by atoms with E-state index in [4.69, 9.17) is 9.68 Å². The molecule has 2 aromatic rings. The van der Waals surface area contributed by atoms with E-state index in [1.165, 1.54) is 6.20 Å². The van der Waals surface area contributed by atoms with Crippen molar-refractivity contribution < 1.29 is 4.42 Å². The molecular weight excluding hydrogens is 218 g/mol. The Morgan fingerprint density at radius 3 is 2.82 bits per heavy atom. The van der Waals surface area contributed by atoms with Crippen LogP contribution in [0.15, 0.2) is 22.7 Å². The van der Waals surface area contributed by atoms with Crippen molar-refractivity contribution >= 4 is 0 Å². The van der Waals surface area contributed by atoms with E-state index in [-0.39, 0.29) is 6.04 Å². The van der Waals surface area contributed by atoms with Crippen LogP contribution >= 0.6 is 0 Å². The summed E-state index contributed by atoms with van der Waals surface area (Å²) < 4.78 is 5.47. The molecule has 0 saturated carbocycles. The molecule has 0 amide bonds. The van der Waals surface area contributed by atoms with Crippen LogP contribution in [0.1, 0.15) is 24.4 Å². The van der Waals surface area contributed by atoms with E-state index in [0.717, 1.165) is 0 Å². The summed E-state index contributed by atoms with van der Waals surface area (Å²) in [6, 6.07) is 5.33. The largest absolute Gasteiger partial charge is 0.418 e. The molecule has 0 fully saturated rings. The average molecular weight is 229 g/mol. The maximum atomic E-state index is 8.66. The van der Waals surface area contributed by atoms with E-state index in [1.54, 1.807) is 12.1 Å². The summed E-state index contributed by atoms with van der Waals surface area (Å²) in [5, 5.41) is 19.5. The second-order valence-corrected chi connectivity index (χ2v) is 3.50. The van der Waals surface area contributed by atoms with Gasteiger partial charge in [0, 0.05) is 6.20 Å². The first-order valence-corrected chi connectivity index (χ1v) is 5.11. The van der Waals surface area contributed by atoms with Crippen molar-refractivity contribution in [3.63, 3.8) is 0 Å². The van der Waals surface area contributed by atoms with Crippen molar-refractivity contribution in [3.8, 4) is 17.7 Å². The Kier molecular flexibility index (Phi) is 3.12. The second-order valence-electron chi connectivity index (χ2n) is 3.50. The summed E-state index contributed by atoms with van der Waals surface area (Å²) in [4.78, 5) is 4.08. The van der Waals surface area contributed by atoms with E-state index in [0.29, 0.717) is 23.0 Å². The van der Waals surface area contributed by atoms with Gasteiger partial charge in [0.1, 0.15) is 11.8 Å². The highest BCUT2D eigenvalue weighted by atomic mass is 16.4. The van der Waals surface area contributed by atoms with E-state index in [9.17, 15) is 0 Å². The molecule has 86 valence electrons. The van der Waals surface area contributed by atoms with Crippen molar-refractivity contribution in [1.82, 2.24) is 20.5 Å². The molecule has 2 heterocycles. The van der Waals surface area contributed by atoms with E-state index in [1.807, 2.05) is 20.0 Å². The minimum absolute atomic E-state index is 0.00497. The van der Waals surface area contributed by atoms with E-state index in [2.05, 4.69) is 20.5 Å². The molecule has 2 rings (SSSR count). The molecule has 17 heavy (non-hydrogen) atoms. The van der Waals surface area contributed by atoms with Gasteiger partial charge in [-0.3, -0.25) is 0 Å². The van der Waals surface area contributed by atoms with Gasteiger partial charge in [0.2, 0.25) is 5.89 Å². The Hall–Kier alpha value is -2.26. The first-order valence-electron chi connectivity index (χ1n) is 5.11. The van der Waals surface area contributed by atoms with Crippen LogP contribution in [0.25, 0.3) is 11.6 Å². The molecule has 6 heteroatoms. The van der Waals surface area contributed by atoms with Gasteiger partial charge in [-0.2, -0.15) is 5.26 Å². The van der Waals surface area contributed by atoms with E-state index < -0.39 is 0 Å². The van der Waals surface area contributed by atoms with Gasteiger partial charge >= 0.3 is 0 Å². The van der Waals surface area contributed by atoms with Crippen LogP contribution < -0.4 is 5.32 Å². The molecule has 0 aliphatic carbocycles. The molecule has 0 aliphatic heterocycles. The zero-order chi connectivity index (χ0) is 12.3. The van der Waals surface area contributed by atoms with Gasteiger partial charge < -0.3 is 9.73 Å². The van der Waals surface area contributed by atoms with Gasteiger partial charge in [-0.25, -0.2) is 4.98 Å². The van der Waals surface area contributed by atoms with Gasteiger partial charge in [0.05, 0.1) is 11.6 Å². The van der Waals surface area contributed by atoms with Gasteiger partial charge in [0.25, 0.3) is 5.89 Å². The van der Waals surface area contributed by atoms with Gasteiger partial charge in [0.15, 0.2) is 0 Å². The molecule has 1 atom stereocenters. The lowest BCUT2D eigenvalue weighted by Crippen LogP contribution is -2.12. The van der Waals surface area contributed by atoms with Crippen LogP contribution in [0, 0.1) is 11.3 Å². The lowest BCUT2D eigenvalue weighted by atomic mass is 10.3. The predicted molar refractivity (Wildman–Crippen MR) is 59.7 cm³/mol. The molecular formula is C11H11N5O. The molecule has 2 aromatic heterocycles. The van der Waals surface area contributed by atoms with Crippen LogP contribution in [0.5, 0.6) is 0 Å². The summed E-state index contributed by atoms with van der Waals surface area (Å²) in [5.41, 5.74) is 1.06. The molecule has 0 radical (unpaired) electrons. The Labute approximate surface area is 98.3 Å². The highest BCUT2D eigenvalue weighted by molar-refractivity contribution is 5.47. The molecule has 0 aliphatic rings. The third-order valence-electron chi connectivity index (χ3n) is 2.36. The Balaban J connectivity index is 2.28. The van der Waals surface area contributed by atoms with Crippen molar-refractivity contribution in [3.05, 3.63) is 29.8 Å². The molecule has 0 saturated heterocycles.